The van der Waals surface area contributed by atoms with Crippen molar-refractivity contribution in [3.8, 4) is 0 Å². The fourth-order valence-electron chi connectivity index (χ4n) is 2.92. The van der Waals surface area contributed by atoms with Gasteiger partial charge in [-0.1, -0.05) is 6.42 Å². The Labute approximate surface area is 120 Å². The van der Waals surface area contributed by atoms with Crippen molar-refractivity contribution < 1.29 is 17.9 Å². The minimum Gasteiger partial charge on any atom is -0.378 e. The van der Waals surface area contributed by atoms with Crippen molar-refractivity contribution in [2.75, 3.05) is 19.4 Å². The number of sulfonamides is 1. The maximum atomic E-state index is 11.9. The molecule has 0 heterocycles. The van der Waals surface area contributed by atoms with Crippen LogP contribution in [0.2, 0.25) is 0 Å². The van der Waals surface area contributed by atoms with Crippen molar-refractivity contribution in [1.29, 1.82) is 0 Å². The third kappa shape index (κ3) is 4.43. The van der Waals surface area contributed by atoms with Crippen LogP contribution in [0.3, 0.4) is 0 Å². The zero-order valence-electron chi connectivity index (χ0n) is 12.1. The Morgan fingerprint density at radius 1 is 1.35 bits per heavy atom. The maximum Gasteiger partial charge on any atom is 0.225 e. The molecule has 0 spiro atoms. The molecule has 2 fully saturated rings. The molecular weight excluding hydrogens is 280 g/mol. The van der Waals surface area contributed by atoms with Crippen LogP contribution in [0.1, 0.15) is 32.6 Å². The van der Waals surface area contributed by atoms with Gasteiger partial charge in [-0.15, -0.1) is 0 Å². The van der Waals surface area contributed by atoms with Gasteiger partial charge in [-0.3, -0.25) is 4.79 Å². The molecule has 20 heavy (non-hydrogen) atoms. The van der Waals surface area contributed by atoms with Crippen molar-refractivity contribution in [1.82, 2.24) is 10.0 Å². The van der Waals surface area contributed by atoms with Gasteiger partial charge in [0.1, 0.15) is 0 Å². The van der Waals surface area contributed by atoms with Crippen molar-refractivity contribution in [2.45, 2.75) is 44.8 Å². The summed E-state index contributed by atoms with van der Waals surface area (Å²) in [6.45, 7) is 3.10. The van der Waals surface area contributed by atoms with Crippen LogP contribution in [0, 0.1) is 11.8 Å². The lowest BCUT2D eigenvalue weighted by Gasteiger charge is -2.20. The molecule has 0 aromatic carbocycles. The van der Waals surface area contributed by atoms with Crippen molar-refractivity contribution in [3.63, 3.8) is 0 Å². The highest BCUT2D eigenvalue weighted by molar-refractivity contribution is 7.88. The van der Waals surface area contributed by atoms with Gasteiger partial charge in [0.2, 0.25) is 15.9 Å². The van der Waals surface area contributed by atoms with E-state index in [2.05, 4.69) is 10.0 Å². The molecule has 0 aromatic heterocycles. The molecule has 1 amide bonds. The molecule has 0 aliphatic heterocycles. The summed E-state index contributed by atoms with van der Waals surface area (Å²) >= 11 is 0. The molecule has 4 unspecified atom stereocenters. The highest BCUT2D eigenvalue weighted by atomic mass is 32.2. The second-order valence-electron chi connectivity index (χ2n) is 5.77. The molecule has 116 valence electrons. The minimum atomic E-state index is -3.18. The van der Waals surface area contributed by atoms with E-state index in [0.29, 0.717) is 13.2 Å². The zero-order chi connectivity index (χ0) is 14.8. The number of hydrogen-bond acceptors (Lipinski definition) is 4. The van der Waals surface area contributed by atoms with Crippen LogP contribution >= 0.6 is 0 Å². The Balaban J connectivity index is 1.74. The predicted octanol–water partition coefficient (Wildman–Crippen LogP) is 0.246. The summed E-state index contributed by atoms with van der Waals surface area (Å²) in [5, 5.41) is 2.94. The van der Waals surface area contributed by atoms with Crippen molar-refractivity contribution in [3.05, 3.63) is 0 Å². The van der Waals surface area contributed by atoms with Gasteiger partial charge in [-0.25, -0.2) is 13.1 Å². The quantitative estimate of drug-likeness (QED) is 0.706. The average Bonchev–Trinajstić information content (AvgIpc) is 2.98. The van der Waals surface area contributed by atoms with Gasteiger partial charge in [0.15, 0.2) is 0 Å². The molecule has 0 bridgehead atoms. The second-order valence-corrected chi connectivity index (χ2v) is 7.55. The van der Waals surface area contributed by atoms with E-state index >= 15 is 0 Å². The Kier molecular flexibility index (Phi) is 5.04. The lowest BCUT2D eigenvalue weighted by Crippen LogP contribution is -2.42. The van der Waals surface area contributed by atoms with E-state index in [0.717, 1.165) is 25.7 Å². The number of amides is 1. The van der Waals surface area contributed by atoms with Gasteiger partial charge >= 0.3 is 0 Å². The lowest BCUT2D eigenvalue weighted by atomic mass is 10.0. The number of carbonyl (C=O) groups is 1. The summed E-state index contributed by atoms with van der Waals surface area (Å²) in [5.41, 5.74) is 0. The molecule has 4 atom stereocenters. The number of carbonyl (C=O) groups excluding carboxylic acids is 1. The molecule has 2 saturated carbocycles. The maximum absolute atomic E-state index is 11.9. The number of ether oxygens (including phenoxy) is 1. The fourth-order valence-corrected chi connectivity index (χ4v) is 3.78. The molecule has 2 aliphatic rings. The molecule has 0 aromatic rings. The summed E-state index contributed by atoms with van der Waals surface area (Å²) in [6, 6.07) is -0.0489. The van der Waals surface area contributed by atoms with Crippen LogP contribution in [-0.2, 0) is 19.6 Å². The number of nitrogens with one attached hydrogen (secondary N) is 2. The van der Waals surface area contributed by atoms with Crippen molar-refractivity contribution in [2.24, 2.45) is 11.8 Å². The van der Waals surface area contributed by atoms with E-state index < -0.39 is 10.0 Å². The molecule has 0 saturated heterocycles. The molecule has 2 rings (SSSR count). The summed E-state index contributed by atoms with van der Waals surface area (Å²) < 4.78 is 30.6. The zero-order valence-corrected chi connectivity index (χ0v) is 12.9. The fraction of sp³-hybridized carbons (Fsp3) is 0.923. The smallest absolute Gasteiger partial charge is 0.225 e. The first-order valence-electron chi connectivity index (χ1n) is 7.27. The molecular formula is C13H24N2O4S. The average molecular weight is 304 g/mol. The van der Waals surface area contributed by atoms with Gasteiger partial charge in [0, 0.05) is 19.2 Å². The van der Waals surface area contributed by atoms with Gasteiger partial charge < -0.3 is 10.1 Å². The van der Waals surface area contributed by atoms with Crippen LogP contribution < -0.4 is 10.0 Å². The van der Waals surface area contributed by atoms with E-state index in [1.54, 1.807) is 0 Å². The van der Waals surface area contributed by atoms with Gasteiger partial charge in [0.05, 0.1) is 18.3 Å². The van der Waals surface area contributed by atoms with Gasteiger partial charge in [0.25, 0.3) is 0 Å². The van der Waals surface area contributed by atoms with Crippen LogP contribution in [0.5, 0.6) is 0 Å². The summed E-state index contributed by atoms with van der Waals surface area (Å²) in [5.74, 6) is 0.212. The molecule has 2 N–H and O–H groups in total. The van der Waals surface area contributed by atoms with Crippen LogP contribution in [0.15, 0.2) is 0 Å². The molecule has 2 aliphatic carbocycles. The van der Waals surface area contributed by atoms with E-state index in [1.807, 2.05) is 6.92 Å². The molecule has 6 nitrogen and oxygen atoms in total. The topological polar surface area (TPSA) is 84.5 Å². The van der Waals surface area contributed by atoms with Crippen molar-refractivity contribution >= 4 is 15.9 Å². The van der Waals surface area contributed by atoms with Gasteiger partial charge in [-0.2, -0.15) is 0 Å². The predicted molar refractivity (Wildman–Crippen MR) is 75.6 cm³/mol. The third-order valence-corrected chi connectivity index (χ3v) is 4.74. The lowest BCUT2D eigenvalue weighted by molar-refractivity contribution is -0.123. The minimum absolute atomic E-state index is 0.0160. The Morgan fingerprint density at radius 3 is 2.75 bits per heavy atom. The summed E-state index contributed by atoms with van der Waals surface area (Å²) in [7, 11) is -3.18. The Morgan fingerprint density at radius 2 is 2.10 bits per heavy atom. The van der Waals surface area contributed by atoms with E-state index in [1.165, 1.54) is 6.26 Å². The largest absolute Gasteiger partial charge is 0.378 e. The van der Waals surface area contributed by atoms with E-state index in [4.69, 9.17) is 4.74 Å². The SMILES string of the molecule is CCOC1CC1C(=O)NCC1CCCC1NS(C)(=O)=O. The highest BCUT2D eigenvalue weighted by Gasteiger charge is 2.44. The molecule has 7 heteroatoms. The second kappa shape index (κ2) is 6.41. The standard InChI is InChI=1S/C13H24N2O4S/c1-3-19-12-7-10(12)13(16)14-8-9-5-4-6-11(9)15-20(2,17)18/h9-12,15H,3-8H2,1-2H3,(H,14,16). The Bertz CT molecular complexity index is 451. The van der Waals surface area contributed by atoms with E-state index in [9.17, 15) is 13.2 Å². The normalized spacial score (nSPS) is 33.1. The summed E-state index contributed by atoms with van der Waals surface area (Å²) in [4.78, 5) is 11.9. The third-order valence-electron chi connectivity index (χ3n) is 4.01. The first kappa shape index (κ1) is 15.7. The van der Waals surface area contributed by atoms with E-state index in [-0.39, 0.29) is 29.9 Å². The molecule has 0 radical (unpaired) electrons. The van der Waals surface area contributed by atoms with Gasteiger partial charge in [-0.05, 0) is 32.1 Å². The van der Waals surface area contributed by atoms with Crippen LogP contribution in [0.25, 0.3) is 0 Å². The number of hydrogen-bond donors (Lipinski definition) is 2. The monoisotopic (exact) mass is 304 g/mol. The summed E-state index contributed by atoms with van der Waals surface area (Å²) in [6.07, 6.45) is 4.85. The first-order valence-corrected chi connectivity index (χ1v) is 9.16. The highest BCUT2D eigenvalue weighted by Crippen LogP contribution is 2.34. The van der Waals surface area contributed by atoms with Crippen LogP contribution in [-0.4, -0.2) is 45.9 Å². The number of rotatable bonds is 7. The first-order chi connectivity index (χ1) is 9.40. The Hall–Kier alpha value is -0.660. The van der Waals surface area contributed by atoms with Crippen LogP contribution in [0.4, 0.5) is 0 Å².